The molecule has 3 N–H and O–H groups in total. The van der Waals surface area contributed by atoms with Gasteiger partial charge in [0.25, 0.3) is 5.91 Å². The van der Waals surface area contributed by atoms with Gasteiger partial charge in [-0.3, -0.25) is 9.78 Å². The Bertz CT molecular complexity index is 866. The molecule has 24 heavy (non-hydrogen) atoms. The number of rotatable bonds is 6. The van der Waals surface area contributed by atoms with Gasteiger partial charge in [-0.25, -0.2) is 0 Å². The van der Waals surface area contributed by atoms with Gasteiger partial charge in [-0.05, 0) is 37.0 Å². The minimum absolute atomic E-state index is 0.0368. The fourth-order valence-electron chi connectivity index (χ4n) is 2.84. The SMILES string of the molecule is O=C(NC1CC1)c1cncc(NCCc2c[nH]c3ccccc23)c1. The molecule has 1 saturated carbocycles. The van der Waals surface area contributed by atoms with Crippen LogP contribution in [-0.4, -0.2) is 28.5 Å². The Hall–Kier alpha value is -2.82. The first-order valence-corrected chi connectivity index (χ1v) is 8.34. The minimum atomic E-state index is -0.0368. The van der Waals surface area contributed by atoms with Crippen molar-refractivity contribution in [3.05, 3.63) is 60.0 Å². The lowest BCUT2D eigenvalue weighted by molar-refractivity contribution is 0.0950. The normalized spacial score (nSPS) is 13.8. The molecule has 0 aliphatic heterocycles. The number of amides is 1. The monoisotopic (exact) mass is 320 g/mol. The van der Waals surface area contributed by atoms with Gasteiger partial charge in [0, 0.05) is 42.1 Å². The largest absolute Gasteiger partial charge is 0.383 e. The number of nitrogens with zero attached hydrogens (tertiary/aromatic N) is 1. The van der Waals surface area contributed by atoms with Crippen LogP contribution in [0.4, 0.5) is 5.69 Å². The third kappa shape index (κ3) is 3.25. The van der Waals surface area contributed by atoms with E-state index in [2.05, 4.69) is 45.0 Å². The summed E-state index contributed by atoms with van der Waals surface area (Å²) in [6, 6.07) is 10.5. The molecule has 0 bridgehead atoms. The van der Waals surface area contributed by atoms with Crippen LogP contribution in [0.3, 0.4) is 0 Å². The van der Waals surface area contributed by atoms with Crippen molar-refractivity contribution in [3.63, 3.8) is 0 Å². The third-order valence-electron chi connectivity index (χ3n) is 4.31. The van der Waals surface area contributed by atoms with Crippen LogP contribution in [-0.2, 0) is 6.42 Å². The maximum atomic E-state index is 12.1. The maximum Gasteiger partial charge on any atom is 0.253 e. The quantitative estimate of drug-likeness (QED) is 0.653. The number of para-hydroxylation sites is 1. The van der Waals surface area contributed by atoms with E-state index in [1.807, 2.05) is 12.1 Å². The first kappa shape index (κ1) is 14.8. The van der Waals surface area contributed by atoms with Crippen molar-refractivity contribution in [2.45, 2.75) is 25.3 Å². The molecular weight excluding hydrogens is 300 g/mol. The van der Waals surface area contributed by atoms with Crippen LogP contribution in [0.15, 0.2) is 48.9 Å². The molecule has 122 valence electrons. The summed E-state index contributed by atoms with van der Waals surface area (Å²) < 4.78 is 0. The zero-order valence-electron chi connectivity index (χ0n) is 13.4. The molecule has 0 spiro atoms. The molecule has 2 aromatic heterocycles. The Balaban J connectivity index is 1.38. The molecule has 1 aliphatic carbocycles. The standard InChI is InChI=1S/C19H20N4O/c24-19(23-15-5-6-15)14-9-16(12-20-10-14)21-8-7-13-11-22-18-4-2-1-3-17(13)18/h1-4,9-12,15,21-22H,5-8H2,(H,23,24). The zero-order chi connectivity index (χ0) is 16.4. The van der Waals surface area contributed by atoms with Crippen molar-refractivity contribution in [3.8, 4) is 0 Å². The molecule has 5 nitrogen and oxygen atoms in total. The number of H-pyrrole nitrogens is 1. The summed E-state index contributed by atoms with van der Waals surface area (Å²) in [6.45, 7) is 0.789. The Labute approximate surface area is 140 Å². The van der Waals surface area contributed by atoms with Gasteiger partial charge in [-0.15, -0.1) is 0 Å². The number of hydrogen-bond donors (Lipinski definition) is 3. The fraction of sp³-hybridized carbons (Fsp3) is 0.263. The molecule has 0 atom stereocenters. The van der Waals surface area contributed by atoms with Gasteiger partial charge in [-0.2, -0.15) is 0 Å². The number of carbonyl (C=O) groups excluding carboxylic acids is 1. The van der Waals surface area contributed by atoms with Gasteiger partial charge in [0.1, 0.15) is 0 Å². The molecular formula is C19H20N4O. The number of benzene rings is 1. The molecule has 0 saturated heterocycles. The van der Waals surface area contributed by atoms with E-state index in [1.54, 1.807) is 12.4 Å². The molecule has 5 heteroatoms. The second-order valence-corrected chi connectivity index (χ2v) is 6.25. The second-order valence-electron chi connectivity index (χ2n) is 6.25. The number of anilines is 1. The van der Waals surface area contributed by atoms with Crippen LogP contribution in [0.1, 0.15) is 28.8 Å². The lowest BCUT2D eigenvalue weighted by atomic mass is 10.1. The molecule has 1 amide bonds. The molecule has 3 aromatic rings. The number of fused-ring (bicyclic) bond motifs is 1. The average Bonchev–Trinajstić information content (AvgIpc) is 3.33. The topological polar surface area (TPSA) is 69.8 Å². The van der Waals surface area contributed by atoms with E-state index in [0.717, 1.165) is 37.0 Å². The maximum absolute atomic E-state index is 12.1. The summed E-state index contributed by atoms with van der Waals surface area (Å²) in [4.78, 5) is 19.5. The molecule has 4 rings (SSSR count). The second kappa shape index (κ2) is 6.35. The number of nitrogens with one attached hydrogen (secondary N) is 3. The van der Waals surface area contributed by atoms with Crippen LogP contribution in [0.2, 0.25) is 0 Å². The summed E-state index contributed by atoms with van der Waals surface area (Å²) >= 11 is 0. The van der Waals surface area contributed by atoms with Crippen LogP contribution in [0.25, 0.3) is 10.9 Å². The van der Waals surface area contributed by atoms with Crippen molar-refractivity contribution >= 4 is 22.5 Å². The molecule has 0 unspecified atom stereocenters. The fourth-order valence-corrected chi connectivity index (χ4v) is 2.84. The summed E-state index contributed by atoms with van der Waals surface area (Å²) in [6.07, 6.45) is 8.50. The predicted molar refractivity (Wildman–Crippen MR) is 95.2 cm³/mol. The Morgan fingerprint density at radius 1 is 1.25 bits per heavy atom. The lowest BCUT2D eigenvalue weighted by Crippen LogP contribution is -2.25. The van der Waals surface area contributed by atoms with E-state index >= 15 is 0 Å². The molecule has 2 heterocycles. The summed E-state index contributed by atoms with van der Waals surface area (Å²) in [7, 11) is 0. The van der Waals surface area contributed by atoms with Crippen LogP contribution in [0, 0.1) is 0 Å². The smallest absolute Gasteiger partial charge is 0.253 e. The average molecular weight is 320 g/mol. The minimum Gasteiger partial charge on any atom is -0.383 e. The highest BCUT2D eigenvalue weighted by Crippen LogP contribution is 2.20. The van der Waals surface area contributed by atoms with Gasteiger partial charge >= 0.3 is 0 Å². The van der Waals surface area contributed by atoms with Crippen molar-refractivity contribution in [2.75, 3.05) is 11.9 Å². The third-order valence-corrected chi connectivity index (χ3v) is 4.31. The number of aromatic amines is 1. The van der Waals surface area contributed by atoms with Gasteiger partial charge in [-0.1, -0.05) is 18.2 Å². The first-order valence-electron chi connectivity index (χ1n) is 8.34. The van der Waals surface area contributed by atoms with Gasteiger partial charge in [0.15, 0.2) is 0 Å². The van der Waals surface area contributed by atoms with Crippen molar-refractivity contribution in [2.24, 2.45) is 0 Å². The van der Waals surface area contributed by atoms with Crippen molar-refractivity contribution in [1.82, 2.24) is 15.3 Å². The molecule has 0 radical (unpaired) electrons. The summed E-state index contributed by atoms with van der Waals surface area (Å²) in [5.41, 5.74) is 3.93. The zero-order valence-corrected chi connectivity index (χ0v) is 13.4. The van der Waals surface area contributed by atoms with Crippen LogP contribution < -0.4 is 10.6 Å². The van der Waals surface area contributed by atoms with E-state index in [9.17, 15) is 4.79 Å². The van der Waals surface area contributed by atoms with Crippen molar-refractivity contribution < 1.29 is 4.79 Å². The Morgan fingerprint density at radius 2 is 2.12 bits per heavy atom. The highest BCUT2D eigenvalue weighted by molar-refractivity contribution is 5.95. The summed E-state index contributed by atoms with van der Waals surface area (Å²) in [5, 5.41) is 7.60. The van der Waals surface area contributed by atoms with Crippen LogP contribution >= 0.6 is 0 Å². The lowest BCUT2D eigenvalue weighted by Gasteiger charge is -2.08. The van der Waals surface area contributed by atoms with Gasteiger partial charge in [0.2, 0.25) is 0 Å². The summed E-state index contributed by atoms with van der Waals surface area (Å²) in [5.74, 6) is -0.0368. The predicted octanol–water partition coefficient (Wildman–Crippen LogP) is 3.11. The van der Waals surface area contributed by atoms with E-state index in [4.69, 9.17) is 0 Å². The molecule has 1 aliphatic rings. The number of pyridine rings is 1. The number of aromatic nitrogens is 2. The molecule has 1 aromatic carbocycles. The van der Waals surface area contributed by atoms with Crippen molar-refractivity contribution in [1.29, 1.82) is 0 Å². The number of carbonyl (C=O) groups is 1. The van der Waals surface area contributed by atoms with Crippen LogP contribution in [0.5, 0.6) is 0 Å². The van der Waals surface area contributed by atoms with Gasteiger partial charge < -0.3 is 15.6 Å². The van der Waals surface area contributed by atoms with E-state index < -0.39 is 0 Å². The Kier molecular flexibility index (Phi) is 3.91. The van der Waals surface area contributed by atoms with E-state index in [0.29, 0.717) is 11.6 Å². The highest BCUT2D eigenvalue weighted by atomic mass is 16.1. The van der Waals surface area contributed by atoms with E-state index in [-0.39, 0.29) is 5.91 Å². The number of hydrogen-bond acceptors (Lipinski definition) is 3. The first-order chi connectivity index (χ1) is 11.8. The Morgan fingerprint density at radius 3 is 3.00 bits per heavy atom. The molecule has 1 fully saturated rings. The van der Waals surface area contributed by atoms with Gasteiger partial charge in [0.05, 0.1) is 11.3 Å². The van der Waals surface area contributed by atoms with E-state index in [1.165, 1.54) is 10.9 Å². The highest BCUT2D eigenvalue weighted by Gasteiger charge is 2.23.